The van der Waals surface area contributed by atoms with Gasteiger partial charge >= 0.3 is 30.1 Å². The lowest BCUT2D eigenvalue weighted by atomic mass is 9.94. The summed E-state index contributed by atoms with van der Waals surface area (Å²) in [4.78, 5) is 55.0. The molecule has 0 aromatic heterocycles. The third-order valence-corrected chi connectivity index (χ3v) is 8.14. The fraction of sp³-hybridized carbons (Fsp3) is 0.500. The quantitative estimate of drug-likeness (QED) is 0.366. The van der Waals surface area contributed by atoms with Crippen LogP contribution >= 0.6 is 0 Å². The predicted molar refractivity (Wildman–Crippen MR) is 156 cm³/mol. The number of nitrogens with zero attached hydrogens (tertiary/aromatic N) is 3. The summed E-state index contributed by atoms with van der Waals surface area (Å²) in [6.07, 6.45) is -0.188. The van der Waals surface area contributed by atoms with Crippen LogP contribution in [-0.2, 0) is 43.3 Å². The molecule has 1 fully saturated rings. The molecule has 44 heavy (non-hydrogen) atoms. The number of carbonyl (C=O) groups excluding carboxylic acids is 4. The molecule has 2 aromatic rings. The molecule has 9 nitrogen and oxygen atoms in total. The molecule has 2 aromatic carbocycles. The van der Waals surface area contributed by atoms with Crippen LogP contribution in [0.5, 0.6) is 0 Å². The van der Waals surface area contributed by atoms with Gasteiger partial charge in [-0.15, -0.1) is 0 Å². The molecule has 1 aliphatic carbocycles. The molecule has 238 valence electrons. The molecule has 2 aliphatic rings. The van der Waals surface area contributed by atoms with Crippen molar-refractivity contribution < 1.29 is 41.8 Å². The number of fused-ring (bicyclic) bond motifs is 1. The topological polar surface area (TPSA) is 96.5 Å². The highest BCUT2D eigenvalue weighted by molar-refractivity contribution is 5.97. The molecule has 4 rings (SSSR count). The number of carbonyl (C=O) groups is 4. The largest absolute Gasteiger partial charge is 0.471 e. The van der Waals surface area contributed by atoms with E-state index in [2.05, 4.69) is 0 Å². The van der Waals surface area contributed by atoms with Crippen molar-refractivity contribution in [3.05, 3.63) is 65.2 Å². The summed E-state index contributed by atoms with van der Waals surface area (Å²) in [6, 6.07) is 13.6. The van der Waals surface area contributed by atoms with Crippen molar-refractivity contribution in [1.29, 1.82) is 0 Å². The number of halogens is 3. The van der Waals surface area contributed by atoms with Gasteiger partial charge < -0.3 is 19.3 Å². The minimum absolute atomic E-state index is 0.0156. The van der Waals surface area contributed by atoms with Gasteiger partial charge in [-0.3, -0.25) is 19.3 Å². The molecule has 0 spiro atoms. The first-order valence-electron chi connectivity index (χ1n) is 14.9. The molecule has 0 N–H and O–H groups in total. The summed E-state index contributed by atoms with van der Waals surface area (Å²) in [5, 5.41) is 0. The predicted octanol–water partition coefficient (Wildman–Crippen LogP) is 5.04. The molecule has 0 radical (unpaired) electrons. The van der Waals surface area contributed by atoms with Gasteiger partial charge in [0.1, 0.15) is 13.2 Å². The molecule has 1 aliphatic heterocycles. The molecule has 0 saturated heterocycles. The van der Waals surface area contributed by atoms with Crippen LogP contribution < -0.4 is 4.90 Å². The van der Waals surface area contributed by atoms with Crippen molar-refractivity contribution in [1.82, 2.24) is 9.80 Å². The highest BCUT2D eigenvalue weighted by Gasteiger charge is 2.42. The van der Waals surface area contributed by atoms with Gasteiger partial charge in [-0.05, 0) is 54.5 Å². The van der Waals surface area contributed by atoms with Crippen molar-refractivity contribution in [2.45, 2.75) is 70.2 Å². The Labute approximate surface area is 254 Å². The number of rotatable bonds is 9. The summed E-state index contributed by atoms with van der Waals surface area (Å²) in [5.41, 5.74) is 2.61. The number of methoxy groups -OCH3 is 1. The third kappa shape index (κ3) is 8.73. The maximum absolute atomic E-state index is 14.3. The fourth-order valence-electron chi connectivity index (χ4n) is 5.74. The Morgan fingerprint density at radius 3 is 2.25 bits per heavy atom. The van der Waals surface area contributed by atoms with Crippen LogP contribution in [0, 0.1) is 0 Å². The summed E-state index contributed by atoms with van der Waals surface area (Å²) in [5.74, 6) is -2.98. The molecule has 0 bridgehead atoms. The van der Waals surface area contributed by atoms with Crippen LogP contribution in [0.25, 0.3) is 0 Å². The second-order valence-electron chi connectivity index (χ2n) is 11.1. The van der Waals surface area contributed by atoms with Gasteiger partial charge in [-0.1, -0.05) is 55.7 Å². The first-order valence-corrected chi connectivity index (χ1v) is 14.9. The zero-order chi connectivity index (χ0) is 31.7. The lowest BCUT2D eigenvalue weighted by molar-refractivity contribution is -0.185. The monoisotopic (exact) mass is 617 g/mol. The minimum atomic E-state index is -4.96. The highest BCUT2D eigenvalue weighted by Crippen LogP contribution is 2.29. The van der Waals surface area contributed by atoms with Crippen molar-refractivity contribution in [3.63, 3.8) is 0 Å². The van der Waals surface area contributed by atoms with E-state index in [0.29, 0.717) is 11.3 Å². The van der Waals surface area contributed by atoms with E-state index in [9.17, 15) is 32.3 Å². The standard InChI is InChI=1S/C32H38F3N3O6/c1-43-28(39)16-19-37(26-10-6-3-7-11-26)31(42)38(21-29(40)44-22-23-8-4-2-5-9-23)27-13-12-24-14-17-36(18-15-25(24)20-27)30(41)32(33,34)35/h2,4-5,8-9,12-13,20,26H,3,6-7,10-11,14-19,21-22H2,1H3. The molecule has 3 amide bonds. The van der Waals surface area contributed by atoms with Crippen molar-refractivity contribution in [2.75, 3.05) is 38.2 Å². The summed E-state index contributed by atoms with van der Waals surface area (Å²) < 4.78 is 49.6. The number of urea groups is 1. The van der Waals surface area contributed by atoms with Crippen LogP contribution in [0.3, 0.4) is 0 Å². The molecule has 12 heteroatoms. The lowest BCUT2D eigenvalue weighted by Gasteiger charge is -2.37. The van der Waals surface area contributed by atoms with Crippen molar-refractivity contribution in [3.8, 4) is 0 Å². The van der Waals surface area contributed by atoms with E-state index >= 15 is 0 Å². The number of amides is 3. The number of hydrogen-bond acceptors (Lipinski definition) is 6. The maximum Gasteiger partial charge on any atom is 0.471 e. The van der Waals surface area contributed by atoms with Crippen LogP contribution in [0.4, 0.5) is 23.7 Å². The lowest BCUT2D eigenvalue weighted by Crippen LogP contribution is -2.51. The highest BCUT2D eigenvalue weighted by atomic mass is 19.4. The van der Waals surface area contributed by atoms with Gasteiger partial charge in [0.15, 0.2) is 0 Å². The first kappa shape index (κ1) is 32.8. The minimum Gasteiger partial charge on any atom is -0.469 e. The van der Waals surface area contributed by atoms with Crippen LogP contribution in [0.2, 0.25) is 0 Å². The Morgan fingerprint density at radius 2 is 1.59 bits per heavy atom. The summed E-state index contributed by atoms with van der Waals surface area (Å²) >= 11 is 0. The smallest absolute Gasteiger partial charge is 0.469 e. The van der Waals surface area contributed by atoms with Gasteiger partial charge in [0.2, 0.25) is 0 Å². The van der Waals surface area contributed by atoms with Crippen LogP contribution in [0.1, 0.15) is 55.2 Å². The van der Waals surface area contributed by atoms with Gasteiger partial charge in [0.25, 0.3) is 0 Å². The van der Waals surface area contributed by atoms with Crippen molar-refractivity contribution >= 4 is 29.6 Å². The Kier molecular flexibility index (Phi) is 11.2. The van der Waals surface area contributed by atoms with E-state index in [1.807, 2.05) is 30.3 Å². The Bertz CT molecular complexity index is 1310. The number of alkyl halides is 3. The molecular weight excluding hydrogens is 579 g/mol. The number of ether oxygens (including phenoxy) is 2. The fourth-order valence-corrected chi connectivity index (χ4v) is 5.74. The first-order chi connectivity index (χ1) is 21.1. The zero-order valence-corrected chi connectivity index (χ0v) is 24.8. The molecule has 1 saturated carbocycles. The SMILES string of the molecule is COC(=O)CCN(C(=O)N(CC(=O)OCc1ccccc1)c1ccc2c(c1)CCN(C(=O)C(F)(F)F)CC2)C1CCCCC1. The Hall–Kier alpha value is -4.09. The average molecular weight is 618 g/mol. The Balaban J connectivity index is 1.61. The van der Waals surface area contributed by atoms with E-state index in [1.54, 1.807) is 23.1 Å². The number of hydrogen-bond donors (Lipinski definition) is 0. The summed E-state index contributed by atoms with van der Waals surface area (Å²) in [6.45, 7) is -0.503. The molecule has 1 heterocycles. The zero-order valence-electron chi connectivity index (χ0n) is 24.8. The number of anilines is 1. The third-order valence-electron chi connectivity index (χ3n) is 8.14. The molecular formula is C32H38F3N3O6. The maximum atomic E-state index is 14.3. The second kappa shape index (κ2) is 15.1. The van der Waals surface area contributed by atoms with Crippen LogP contribution in [-0.4, -0.2) is 79.2 Å². The van der Waals surface area contributed by atoms with Gasteiger partial charge in [0.05, 0.1) is 13.5 Å². The van der Waals surface area contributed by atoms with E-state index in [1.165, 1.54) is 12.0 Å². The molecule has 0 unspecified atom stereocenters. The van der Waals surface area contributed by atoms with Gasteiger partial charge in [-0.25, -0.2) is 4.79 Å². The van der Waals surface area contributed by atoms with Crippen molar-refractivity contribution in [2.24, 2.45) is 0 Å². The van der Waals surface area contributed by atoms with E-state index in [0.717, 1.165) is 48.1 Å². The van der Waals surface area contributed by atoms with Gasteiger partial charge in [0, 0.05) is 31.4 Å². The van der Waals surface area contributed by atoms with E-state index in [4.69, 9.17) is 9.47 Å². The average Bonchev–Trinajstić information content (AvgIpc) is 3.25. The number of esters is 2. The Morgan fingerprint density at radius 1 is 0.909 bits per heavy atom. The number of benzene rings is 2. The summed E-state index contributed by atoms with van der Waals surface area (Å²) in [7, 11) is 1.28. The van der Waals surface area contributed by atoms with Gasteiger partial charge in [-0.2, -0.15) is 13.2 Å². The second-order valence-corrected chi connectivity index (χ2v) is 11.1. The normalized spacial score (nSPS) is 15.5. The van der Waals surface area contributed by atoms with E-state index in [-0.39, 0.29) is 51.5 Å². The molecule has 0 atom stereocenters. The van der Waals surface area contributed by atoms with E-state index < -0.39 is 36.6 Å². The van der Waals surface area contributed by atoms with Crippen LogP contribution in [0.15, 0.2) is 48.5 Å².